The Balaban J connectivity index is 1.20. The molecule has 1 aliphatic rings. The average Bonchev–Trinajstić information content (AvgIpc) is 3.41. The molecule has 4 heterocycles. The van der Waals surface area contributed by atoms with Crippen molar-refractivity contribution in [1.29, 1.82) is 0 Å². The lowest BCUT2D eigenvalue weighted by atomic mass is 10.1. The highest BCUT2D eigenvalue weighted by Gasteiger charge is 2.18. The van der Waals surface area contributed by atoms with Gasteiger partial charge < -0.3 is 20.9 Å². The van der Waals surface area contributed by atoms with Crippen LogP contribution >= 0.6 is 0 Å². The zero-order valence-corrected chi connectivity index (χ0v) is 20.8. The number of benzene rings is 2. The summed E-state index contributed by atoms with van der Waals surface area (Å²) < 4.78 is 1.67. The van der Waals surface area contributed by atoms with Crippen LogP contribution in [0.5, 0.6) is 0 Å². The molecule has 0 bridgehead atoms. The van der Waals surface area contributed by atoms with E-state index in [0.717, 1.165) is 54.5 Å². The van der Waals surface area contributed by atoms with Gasteiger partial charge in [-0.05, 0) is 35.9 Å². The molecule has 0 radical (unpaired) electrons. The minimum Gasteiger partial charge on any atom is -0.367 e. The summed E-state index contributed by atoms with van der Waals surface area (Å²) in [5.41, 5.74) is 5.58. The van der Waals surface area contributed by atoms with Gasteiger partial charge in [0.2, 0.25) is 0 Å². The normalized spacial score (nSPS) is 13.4. The number of para-hydroxylation sites is 2. The smallest absolute Gasteiger partial charge is 0.274 e. The van der Waals surface area contributed by atoms with E-state index in [2.05, 4.69) is 48.0 Å². The number of pyridine rings is 1. The molecule has 0 unspecified atom stereocenters. The number of amides is 1. The van der Waals surface area contributed by atoms with Crippen LogP contribution in [-0.4, -0.2) is 51.7 Å². The lowest BCUT2D eigenvalue weighted by Crippen LogP contribution is -2.43. The maximum Gasteiger partial charge on any atom is 0.274 e. The van der Waals surface area contributed by atoms with Crippen LogP contribution in [0, 0.1) is 0 Å². The average molecular weight is 505 g/mol. The van der Waals surface area contributed by atoms with E-state index in [1.54, 1.807) is 29.2 Å². The molecule has 0 spiro atoms. The van der Waals surface area contributed by atoms with Gasteiger partial charge in [-0.1, -0.05) is 42.5 Å². The highest BCUT2D eigenvalue weighted by atomic mass is 16.1. The lowest BCUT2D eigenvalue weighted by Gasteiger charge is -2.31. The van der Waals surface area contributed by atoms with Gasteiger partial charge in [0.25, 0.3) is 5.91 Å². The molecule has 9 nitrogen and oxygen atoms in total. The third-order valence-corrected chi connectivity index (χ3v) is 6.60. The van der Waals surface area contributed by atoms with E-state index >= 15 is 0 Å². The van der Waals surface area contributed by atoms with Gasteiger partial charge >= 0.3 is 0 Å². The van der Waals surface area contributed by atoms with Crippen molar-refractivity contribution in [2.45, 2.75) is 6.54 Å². The summed E-state index contributed by atoms with van der Waals surface area (Å²) in [6.45, 7) is 4.32. The molecular weight excluding hydrogens is 476 g/mol. The number of aromatic nitrogens is 4. The van der Waals surface area contributed by atoms with Crippen molar-refractivity contribution < 1.29 is 4.79 Å². The molecule has 0 atom stereocenters. The fourth-order valence-corrected chi connectivity index (χ4v) is 4.59. The van der Waals surface area contributed by atoms with E-state index in [4.69, 9.17) is 0 Å². The Labute approximate surface area is 220 Å². The highest BCUT2D eigenvalue weighted by Crippen LogP contribution is 2.27. The molecule has 1 saturated heterocycles. The topological polar surface area (TPSA) is 99.5 Å². The van der Waals surface area contributed by atoms with Crippen LogP contribution in [0.4, 0.5) is 17.2 Å². The number of piperazine rings is 1. The SMILES string of the molecule is O=C(Nc1ccccc1N1CCNCC1)c1ccn2ncc(-c3ccc(NCc4ccccc4)nc3)c2n1. The second-order valence-electron chi connectivity index (χ2n) is 9.12. The van der Waals surface area contributed by atoms with Crippen LogP contribution in [0.25, 0.3) is 16.8 Å². The second-order valence-corrected chi connectivity index (χ2v) is 9.12. The van der Waals surface area contributed by atoms with Gasteiger partial charge in [-0.25, -0.2) is 14.5 Å². The molecular formula is C29H28N8O. The number of hydrogen-bond donors (Lipinski definition) is 3. The van der Waals surface area contributed by atoms with Crippen LogP contribution < -0.4 is 20.9 Å². The predicted octanol–water partition coefficient (Wildman–Crippen LogP) is 4.07. The zero-order chi connectivity index (χ0) is 25.7. The number of fused-ring (bicyclic) bond motifs is 1. The van der Waals surface area contributed by atoms with Crippen molar-refractivity contribution >= 4 is 28.7 Å². The van der Waals surface area contributed by atoms with Crippen molar-refractivity contribution in [3.05, 3.63) is 103 Å². The number of anilines is 3. The van der Waals surface area contributed by atoms with E-state index < -0.39 is 0 Å². The Morgan fingerprint density at radius 3 is 2.55 bits per heavy atom. The monoisotopic (exact) mass is 504 g/mol. The summed E-state index contributed by atoms with van der Waals surface area (Å²) in [6, 6.07) is 23.7. The molecule has 38 heavy (non-hydrogen) atoms. The summed E-state index contributed by atoms with van der Waals surface area (Å²) in [5, 5.41) is 14.2. The maximum atomic E-state index is 13.2. The van der Waals surface area contributed by atoms with Crippen LogP contribution in [0.2, 0.25) is 0 Å². The number of nitrogens with zero attached hydrogens (tertiary/aromatic N) is 5. The Morgan fingerprint density at radius 1 is 0.921 bits per heavy atom. The van der Waals surface area contributed by atoms with Crippen LogP contribution in [0.1, 0.15) is 16.1 Å². The second kappa shape index (κ2) is 10.7. The van der Waals surface area contributed by atoms with Crippen molar-refractivity contribution in [2.75, 3.05) is 41.7 Å². The molecule has 9 heteroatoms. The standard InChI is InChI=1S/C29H28N8O/c38-29(35-24-8-4-5-9-26(24)36-16-13-30-14-17-36)25-12-15-37-28(34-25)23(20-33-37)22-10-11-27(32-19-22)31-18-21-6-2-1-3-7-21/h1-12,15,19-20,30H,13-14,16-18H2,(H,31,32)(H,35,38). The Morgan fingerprint density at radius 2 is 1.74 bits per heavy atom. The van der Waals surface area contributed by atoms with Crippen LogP contribution in [0.3, 0.4) is 0 Å². The van der Waals surface area contributed by atoms with Crippen molar-refractivity contribution in [3.63, 3.8) is 0 Å². The van der Waals surface area contributed by atoms with E-state index in [-0.39, 0.29) is 5.91 Å². The molecule has 2 aromatic carbocycles. The van der Waals surface area contributed by atoms with Crippen molar-refractivity contribution in [2.24, 2.45) is 0 Å². The third-order valence-electron chi connectivity index (χ3n) is 6.60. The van der Waals surface area contributed by atoms with Gasteiger partial charge in [-0.15, -0.1) is 0 Å². The number of rotatable bonds is 7. The fraction of sp³-hybridized carbons (Fsp3) is 0.172. The molecule has 1 amide bonds. The van der Waals surface area contributed by atoms with Gasteiger partial charge in [0.05, 0.1) is 17.6 Å². The first-order valence-corrected chi connectivity index (χ1v) is 12.7. The highest BCUT2D eigenvalue weighted by molar-refractivity contribution is 6.05. The molecule has 190 valence electrons. The molecule has 3 aromatic heterocycles. The summed E-state index contributed by atoms with van der Waals surface area (Å²) in [6.07, 6.45) is 5.30. The first-order chi connectivity index (χ1) is 18.7. The number of nitrogens with one attached hydrogen (secondary N) is 3. The number of carbonyl (C=O) groups is 1. The molecule has 0 aliphatic carbocycles. The minimum absolute atomic E-state index is 0.263. The lowest BCUT2D eigenvalue weighted by molar-refractivity contribution is 0.102. The Bertz CT molecular complexity index is 1540. The summed E-state index contributed by atoms with van der Waals surface area (Å²) >= 11 is 0. The van der Waals surface area contributed by atoms with Gasteiger partial charge in [0.15, 0.2) is 5.65 Å². The van der Waals surface area contributed by atoms with Crippen LogP contribution in [-0.2, 0) is 6.54 Å². The van der Waals surface area contributed by atoms with Gasteiger partial charge in [0.1, 0.15) is 11.5 Å². The zero-order valence-electron chi connectivity index (χ0n) is 20.8. The molecule has 6 rings (SSSR count). The minimum atomic E-state index is -0.263. The summed E-state index contributed by atoms with van der Waals surface area (Å²) in [5.74, 6) is 0.520. The molecule has 0 saturated carbocycles. The quantitative estimate of drug-likeness (QED) is 0.307. The fourth-order valence-electron chi connectivity index (χ4n) is 4.59. The van der Waals surface area contributed by atoms with Gasteiger partial charge in [0, 0.05) is 56.2 Å². The van der Waals surface area contributed by atoms with Crippen molar-refractivity contribution in [3.8, 4) is 11.1 Å². The number of carbonyl (C=O) groups excluding carboxylic acids is 1. The van der Waals surface area contributed by atoms with E-state index in [0.29, 0.717) is 17.9 Å². The third kappa shape index (κ3) is 5.05. The van der Waals surface area contributed by atoms with E-state index in [1.165, 1.54) is 5.56 Å². The predicted molar refractivity (Wildman–Crippen MR) is 149 cm³/mol. The van der Waals surface area contributed by atoms with E-state index in [9.17, 15) is 4.79 Å². The van der Waals surface area contributed by atoms with E-state index in [1.807, 2.05) is 54.6 Å². The summed E-state index contributed by atoms with van der Waals surface area (Å²) in [7, 11) is 0. The Kier molecular flexibility index (Phi) is 6.65. The first kappa shape index (κ1) is 23.6. The van der Waals surface area contributed by atoms with Crippen molar-refractivity contribution in [1.82, 2.24) is 24.9 Å². The molecule has 1 fully saturated rings. The van der Waals surface area contributed by atoms with Crippen LogP contribution in [0.15, 0.2) is 91.4 Å². The first-order valence-electron chi connectivity index (χ1n) is 12.7. The van der Waals surface area contributed by atoms with Gasteiger partial charge in [-0.2, -0.15) is 5.10 Å². The molecule has 5 aromatic rings. The number of hydrogen-bond acceptors (Lipinski definition) is 7. The largest absolute Gasteiger partial charge is 0.367 e. The Hall–Kier alpha value is -4.76. The van der Waals surface area contributed by atoms with Gasteiger partial charge in [-0.3, -0.25) is 4.79 Å². The molecule has 1 aliphatic heterocycles. The molecule has 3 N–H and O–H groups in total. The summed E-state index contributed by atoms with van der Waals surface area (Å²) in [4.78, 5) is 24.8. The maximum absolute atomic E-state index is 13.2.